The van der Waals surface area contributed by atoms with E-state index in [0.717, 1.165) is 30.7 Å². The molecule has 1 heterocycles. The maximum absolute atomic E-state index is 12.1. The summed E-state index contributed by atoms with van der Waals surface area (Å²) in [6, 6.07) is 3.36. The van der Waals surface area contributed by atoms with Gasteiger partial charge in [-0.2, -0.15) is 0 Å². The second-order valence-corrected chi connectivity index (χ2v) is 5.35. The number of nitrogens with one attached hydrogen (secondary N) is 1. The van der Waals surface area contributed by atoms with E-state index in [-0.39, 0.29) is 11.9 Å². The fourth-order valence-corrected chi connectivity index (χ4v) is 2.60. The van der Waals surface area contributed by atoms with E-state index in [1.165, 1.54) is 11.8 Å². The van der Waals surface area contributed by atoms with Crippen molar-refractivity contribution in [2.24, 2.45) is 0 Å². The zero-order chi connectivity index (χ0) is 13.0. The Morgan fingerprint density at radius 2 is 2.28 bits per heavy atom. The van der Waals surface area contributed by atoms with Crippen LogP contribution in [0.3, 0.4) is 0 Å². The van der Waals surface area contributed by atoms with E-state index >= 15 is 0 Å². The van der Waals surface area contributed by atoms with Gasteiger partial charge in [0.1, 0.15) is 0 Å². The van der Waals surface area contributed by atoms with Crippen molar-refractivity contribution >= 4 is 17.7 Å². The van der Waals surface area contributed by atoms with Crippen LogP contribution in [0.15, 0.2) is 23.4 Å². The molecule has 1 aromatic rings. The number of amides is 1. The van der Waals surface area contributed by atoms with Gasteiger partial charge in [0, 0.05) is 11.8 Å². The number of aliphatic hydroxyl groups is 1. The average molecular weight is 266 g/mol. The highest BCUT2D eigenvalue weighted by atomic mass is 32.2. The van der Waals surface area contributed by atoms with Crippen molar-refractivity contribution in [1.29, 1.82) is 0 Å². The van der Waals surface area contributed by atoms with Crippen molar-refractivity contribution in [1.82, 2.24) is 10.3 Å². The van der Waals surface area contributed by atoms with Gasteiger partial charge in [-0.15, -0.1) is 11.8 Å². The van der Waals surface area contributed by atoms with Crippen LogP contribution >= 0.6 is 11.8 Å². The molecule has 0 aliphatic heterocycles. The van der Waals surface area contributed by atoms with Crippen LogP contribution in [0, 0.1) is 0 Å². The number of thioether (sulfide) groups is 1. The maximum Gasteiger partial charge on any atom is 0.251 e. The SMILES string of the molecule is CSc1cc(C(=O)NC2CCCCC2O)ccn1. The van der Waals surface area contributed by atoms with Gasteiger partial charge < -0.3 is 10.4 Å². The van der Waals surface area contributed by atoms with Crippen LogP contribution < -0.4 is 5.32 Å². The van der Waals surface area contributed by atoms with Gasteiger partial charge in [0.25, 0.3) is 5.91 Å². The van der Waals surface area contributed by atoms with Crippen LogP contribution in [0.4, 0.5) is 0 Å². The van der Waals surface area contributed by atoms with Crippen LogP contribution in [0.1, 0.15) is 36.0 Å². The predicted molar refractivity (Wildman–Crippen MR) is 71.7 cm³/mol. The van der Waals surface area contributed by atoms with Crippen molar-refractivity contribution in [2.75, 3.05) is 6.26 Å². The van der Waals surface area contributed by atoms with E-state index < -0.39 is 6.10 Å². The van der Waals surface area contributed by atoms with Crippen molar-refractivity contribution in [3.05, 3.63) is 23.9 Å². The van der Waals surface area contributed by atoms with Crippen LogP contribution in [-0.4, -0.2) is 34.4 Å². The van der Waals surface area contributed by atoms with Crippen molar-refractivity contribution in [3.8, 4) is 0 Å². The number of aliphatic hydroxyl groups excluding tert-OH is 1. The molecule has 1 aliphatic carbocycles. The monoisotopic (exact) mass is 266 g/mol. The second kappa shape index (κ2) is 6.20. The summed E-state index contributed by atoms with van der Waals surface area (Å²) in [7, 11) is 0. The molecule has 4 nitrogen and oxygen atoms in total. The van der Waals surface area contributed by atoms with Gasteiger partial charge in [-0.05, 0) is 31.2 Å². The summed E-state index contributed by atoms with van der Waals surface area (Å²) in [6.07, 6.45) is 6.88. The maximum atomic E-state index is 12.1. The molecule has 98 valence electrons. The third kappa shape index (κ3) is 3.23. The smallest absolute Gasteiger partial charge is 0.251 e. The lowest BCUT2D eigenvalue weighted by Gasteiger charge is -2.28. The number of carbonyl (C=O) groups is 1. The minimum atomic E-state index is -0.412. The van der Waals surface area contributed by atoms with Crippen molar-refractivity contribution < 1.29 is 9.90 Å². The Labute approximate surface area is 111 Å². The third-order valence-corrected chi connectivity index (χ3v) is 3.89. The molecule has 2 atom stereocenters. The van der Waals surface area contributed by atoms with E-state index in [1.54, 1.807) is 18.3 Å². The van der Waals surface area contributed by atoms with Crippen molar-refractivity contribution in [3.63, 3.8) is 0 Å². The van der Waals surface area contributed by atoms with Crippen LogP contribution in [0.2, 0.25) is 0 Å². The number of hydrogen-bond acceptors (Lipinski definition) is 4. The fraction of sp³-hybridized carbons (Fsp3) is 0.538. The standard InChI is InChI=1S/C13H18N2O2S/c1-18-12-8-9(6-7-14-12)13(17)15-10-4-2-3-5-11(10)16/h6-8,10-11,16H,2-5H2,1H3,(H,15,17). The topological polar surface area (TPSA) is 62.2 Å². The Bertz CT molecular complexity index is 425. The van der Waals surface area contributed by atoms with Crippen LogP contribution in [0.25, 0.3) is 0 Å². The lowest BCUT2D eigenvalue weighted by molar-refractivity contribution is 0.0717. The molecule has 0 spiro atoms. The number of rotatable bonds is 3. The van der Waals surface area contributed by atoms with Gasteiger partial charge in [0.05, 0.1) is 17.2 Å². The normalized spacial score (nSPS) is 23.7. The van der Waals surface area contributed by atoms with Crippen LogP contribution in [0.5, 0.6) is 0 Å². The molecule has 18 heavy (non-hydrogen) atoms. The molecule has 1 aliphatic rings. The number of carbonyl (C=O) groups excluding carboxylic acids is 1. The highest BCUT2D eigenvalue weighted by Crippen LogP contribution is 2.19. The van der Waals surface area contributed by atoms with Gasteiger partial charge in [-0.1, -0.05) is 12.8 Å². The molecule has 0 bridgehead atoms. The summed E-state index contributed by atoms with van der Waals surface area (Å²) in [5.74, 6) is -0.126. The minimum Gasteiger partial charge on any atom is -0.391 e. The first-order valence-corrected chi connectivity index (χ1v) is 7.42. The lowest BCUT2D eigenvalue weighted by Crippen LogP contribution is -2.45. The van der Waals surface area contributed by atoms with Gasteiger partial charge in [0.15, 0.2) is 0 Å². The Hall–Kier alpha value is -1.07. The summed E-state index contributed by atoms with van der Waals surface area (Å²) in [5.41, 5.74) is 0.604. The number of aromatic nitrogens is 1. The predicted octanol–water partition coefficient (Wildman–Crippen LogP) is 1.84. The first kappa shape index (κ1) is 13.4. The average Bonchev–Trinajstić information content (AvgIpc) is 2.41. The Balaban J connectivity index is 2.02. The van der Waals surface area contributed by atoms with E-state index in [0.29, 0.717) is 5.56 Å². The Morgan fingerprint density at radius 3 is 3.00 bits per heavy atom. The second-order valence-electron chi connectivity index (χ2n) is 4.52. The quantitative estimate of drug-likeness (QED) is 0.819. The molecule has 0 saturated heterocycles. The molecule has 2 rings (SSSR count). The summed E-state index contributed by atoms with van der Waals surface area (Å²) in [4.78, 5) is 16.2. The van der Waals surface area contributed by atoms with Crippen LogP contribution in [-0.2, 0) is 0 Å². The van der Waals surface area contributed by atoms with Gasteiger partial charge in [-0.25, -0.2) is 4.98 Å². The zero-order valence-corrected chi connectivity index (χ0v) is 11.2. The Kier molecular flexibility index (Phi) is 4.60. The van der Waals surface area contributed by atoms with Gasteiger partial charge >= 0.3 is 0 Å². The fourth-order valence-electron chi connectivity index (χ4n) is 2.19. The van der Waals surface area contributed by atoms with E-state index in [4.69, 9.17) is 0 Å². The zero-order valence-electron chi connectivity index (χ0n) is 10.4. The molecule has 2 N–H and O–H groups in total. The molecule has 0 aromatic carbocycles. The molecule has 0 radical (unpaired) electrons. The molecule has 1 amide bonds. The summed E-state index contributed by atoms with van der Waals surface area (Å²) in [6.45, 7) is 0. The molecule has 1 fully saturated rings. The highest BCUT2D eigenvalue weighted by molar-refractivity contribution is 7.98. The number of nitrogens with zero attached hydrogens (tertiary/aromatic N) is 1. The minimum absolute atomic E-state index is 0.114. The summed E-state index contributed by atoms with van der Waals surface area (Å²) < 4.78 is 0. The van der Waals surface area contributed by atoms with E-state index in [1.807, 2.05) is 6.26 Å². The molecule has 1 saturated carbocycles. The number of pyridine rings is 1. The number of hydrogen-bond donors (Lipinski definition) is 2. The largest absolute Gasteiger partial charge is 0.391 e. The van der Waals surface area contributed by atoms with Gasteiger partial charge in [0.2, 0.25) is 0 Å². The summed E-state index contributed by atoms with van der Waals surface area (Å²) >= 11 is 1.51. The molecule has 5 heteroatoms. The molecular formula is C13H18N2O2S. The van der Waals surface area contributed by atoms with Gasteiger partial charge in [-0.3, -0.25) is 4.79 Å². The Morgan fingerprint density at radius 1 is 1.50 bits per heavy atom. The summed E-state index contributed by atoms with van der Waals surface area (Å²) in [5, 5.41) is 13.6. The highest BCUT2D eigenvalue weighted by Gasteiger charge is 2.24. The lowest BCUT2D eigenvalue weighted by atomic mass is 9.92. The van der Waals surface area contributed by atoms with Crippen molar-refractivity contribution in [2.45, 2.75) is 42.9 Å². The van der Waals surface area contributed by atoms with E-state index in [9.17, 15) is 9.90 Å². The first-order chi connectivity index (χ1) is 8.70. The molecular weight excluding hydrogens is 248 g/mol. The molecule has 1 aromatic heterocycles. The molecule has 2 unspecified atom stereocenters. The first-order valence-electron chi connectivity index (χ1n) is 6.19. The third-order valence-electron chi connectivity index (χ3n) is 3.25. The van der Waals surface area contributed by atoms with E-state index in [2.05, 4.69) is 10.3 Å².